The van der Waals surface area contributed by atoms with Crippen LogP contribution in [0.2, 0.25) is 0 Å². The van der Waals surface area contributed by atoms with E-state index in [9.17, 15) is 14.4 Å². The predicted molar refractivity (Wildman–Crippen MR) is 132 cm³/mol. The van der Waals surface area contributed by atoms with Crippen LogP contribution in [0.15, 0.2) is 57.7 Å². The quantitative estimate of drug-likeness (QED) is 0.429. The molecule has 3 aliphatic rings. The summed E-state index contributed by atoms with van der Waals surface area (Å²) in [6, 6.07) is 9.35. The lowest BCUT2D eigenvalue weighted by Gasteiger charge is -2.36. The first-order valence-corrected chi connectivity index (χ1v) is 12.6. The number of rotatable bonds is 9. The maximum atomic E-state index is 12.8. The van der Waals surface area contributed by atoms with E-state index >= 15 is 0 Å². The van der Waals surface area contributed by atoms with Gasteiger partial charge < -0.3 is 19.9 Å². The number of amidine groups is 1. The number of benzene rings is 1. The van der Waals surface area contributed by atoms with E-state index in [0.717, 1.165) is 35.8 Å². The molecule has 180 valence electrons. The van der Waals surface area contributed by atoms with Gasteiger partial charge >= 0.3 is 5.97 Å². The first-order valence-electron chi connectivity index (χ1n) is 11.7. The Kier molecular flexibility index (Phi) is 7.72. The molecular weight excluding hydrogens is 452 g/mol. The number of amides is 2. The van der Waals surface area contributed by atoms with Gasteiger partial charge in [0.05, 0.1) is 30.8 Å². The van der Waals surface area contributed by atoms with Crippen molar-refractivity contribution in [3.05, 3.63) is 58.3 Å². The minimum absolute atomic E-state index is 0.0995. The second-order valence-electron chi connectivity index (χ2n) is 8.37. The third kappa shape index (κ3) is 5.04. The van der Waals surface area contributed by atoms with Crippen LogP contribution in [0.1, 0.15) is 50.6 Å². The molecule has 1 aromatic carbocycles. The molecule has 4 rings (SSSR count). The predicted octanol–water partition coefficient (Wildman–Crippen LogP) is 3.34. The van der Waals surface area contributed by atoms with Crippen molar-refractivity contribution in [2.75, 3.05) is 26.7 Å². The smallest absolute Gasteiger partial charge is 0.338 e. The highest BCUT2D eigenvalue weighted by molar-refractivity contribution is 8.16. The fourth-order valence-corrected chi connectivity index (χ4v) is 5.47. The van der Waals surface area contributed by atoms with Crippen LogP contribution in [0.4, 0.5) is 0 Å². The number of fused-ring (bicyclic) bond motifs is 1. The van der Waals surface area contributed by atoms with Crippen molar-refractivity contribution in [2.24, 2.45) is 4.99 Å². The van der Waals surface area contributed by atoms with Gasteiger partial charge in [-0.3, -0.25) is 9.59 Å². The number of hydrogen-bond donors (Lipinski definition) is 1. The van der Waals surface area contributed by atoms with Gasteiger partial charge in [-0.25, -0.2) is 9.79 Å². The molecule has 1 N–H and O–H groups in total. The highest BCUT2D eigenvalue weighted by Gasteiger charge is 2.41. The number of carbonyl (C=O) groups excluding carboxylic acids is 3. The van der Waals surface area contributed by atoms with Crippen LogP contribution in [-0.4, -0.2) is 59.5 Å². The molecule has 2 amide bonds. The summed E-state index contributed by atoms with van der Waals surface area (Å²) in [6.45, 7) is 3.96. The molecule has 0 radical (unpaired) electrons. The first-order chi connectivity index (χ1) is 16.5. The zero-order valence-corrected chi connectivity index (χ0v) is 20.4. The molecule has 8 nitrogen and oxygen atoms in total. The molecular formula is C25H30N4O4S. The Morgan fingerprint density at radius 1 is 1.26 bits per heavy atom. The van der Waals surface area contributed by atoms with Gasteiger partial charge in [0, 0.05) is 31.8 Å². The number of carbonyl (C=O) groups is 3. The summed E-state index contributed by atoms with van der Waals surface area (Å²) >= 11 is 1.46. The molecule has 1 atom stereocenters. The van der Waals surface area contributed by atoms with Crippen LogP contribution in [0.3, 0.4) is 0 Å². The van der Waals surface area contributed by atoms with Crippen LogP contribution < -0.4 is 5.32 Å². The third-order valence-electron chi connectivity index (χ3n) is 6.18. The molecule has 34 heavy (non-hydrogen) atoms. The van der Waals surface area contributed by atoms with Gasteiger partial charge in [0.25, 0.3) is 0 Å². The van der Waals surface area contributed by atoms with Gasteiger partial charge in [-0.1, -0.05) is 49.0 Å². The Morgan fingerprint density at radius 3 is 2.74 bits per heavy atom. The van der Waals surface area contributed by atoms with Gasteiger partial charge in [-0.2, -0.15) is 0 Å². The van der Waals surface area contributed by atoms with Crippen molar-refractivity contribution in [2.45, 2.75) is 45.1 Å². The van der Waals surface area contributed by atoms with E-state index in [2.05, 4.69) is 5.32 Å². The van der Waals surface area contributed by atoms with E-state index in [-0.39, 0.29) is 18.2 Å². The molecule has 1 fully saturated rings. The number of thioether (sulfide) groups is 1. The van der Waals surface area contributed by atoms with Crippen molar-refractivity contribution in [1.82, 2.24) is 15.1 Å². The number of ether oxygens (including phenoxy) is 1. The minimum atomic E-state index is -0.411. The lowest BCUT2D eigenvalue weighted by Crippen LogP contribution is -2.38. The zero-order valence-electron chi connectivity index (χ0n) is 19.6. The van der Waals surface area contributed by atoms with Crippen LogP contribution in [-0.2, 0) is 19.1 Å². The first kappa shape index (κ1) is 24.1. The molecule has 0 unspecified atom stereocenters. The lowest BCUT2D eigenvalue weighted by molar-refractivity contribution is -0.137. The largest absolute Gasteiger partial charge is 0.466 e. The van der Waals surface area contributed by atoms with E-state index in [0.29, 0.717) is 37.2 Å². The van der Waals surface area contributed by atoms with Crippen molar-refractivity contribution in [3.63, 3.8) is 0 Å². The monoisotopic (exact) mass is 482 g/mol. The van der Waals surface area contributed by atoms with Gasteiger partial charge in [0.2, 0.25) is 11.8 Å². The van der Waals surface area contributed by atoms with Crippen molar-refractivity contribution < 1.29 is 19.1 Å². The Morgan fingerprint density at radius 2 is 2.06 bits per heavy atom. The van der Waals surface area contributed by atoms with Crippen LogP contribution >= 0.6 is 11.8 Å². The lowest BCUT2D eigenvalue weighted by atomic mass is 9.93. The van der Waals surface area contributed by atoms with Crippen molar-refractivity contribution in [1.29, 1.82) is 0 Å². The van der Waals surface area contributed by atoms with Gasteiger partial charge in [-0.05, 0) is 30.2 Å². The molecule has 0 bridgehead atoms. The second kappa shape index (κ2) is 10.9. The van der Waals surface area contributed by atoms with E-state index in [1.807, 2.05) is 52.5 Å². The number of methoxy groups -OCH3 is 1. The maximum Gasteiger partial charge on any atom is 0.338 e. The number of aliphatic imine (C=N–C) groups is 1. The Hall–Kier alpha value is -3.07. The molecule has 0 aliphatic carbocycles. The van der Waals surface area contributed by atoms with Crippen molar-refractivity contribution in [3.8, 4) is 0 Å². The van der Waals surface area contributed by atoms with Crippen LogP contribution in [0, 0.1) is 0 Å². The molecule has 1 saturated heterocycles. The average Bonchev–Trinajstić information content (AvgIpc) is 3.46. The van der Waals surface area contributed by atoms with E-state index in [4.69, 9.17) is 9.73 Å². The molecule has 3 aliphatic heterocycles. The minimum Gasteiger partial charge on any atom is -0.466 e. The average molecular weight is 483 g/mol. The topological polar surface area (TPSA) is 91.3 Å². The Balaban J connectivity index is 1.47. The van der Waals surface area contributed by atoms with Gasteiger partial charge in [0.15, 0.2) is 5.17 Å². The summed E-state index contributed by atoms with van der Waals surface area (Å²) in [5, 5.41) is 5.66. The summed E-state index contributed by atoms with van der Waals surface area (Å²) in [7, 11) is 1.38. The molecule has 0 spiro atoms. The van der Waals surface area contributed by atoms with Crippen LogP contribution in [0.5, 0.6) is 0 Å². The normalized spacial score (nSPS) is 19.7. The summed E-state index contributed by atoms with van der Waals surface area (Å²) in [4.78, 5) is 45.9. The fourth-order valence-electron chi connectivity index (χ4n) is 4.53. The van der Waals surface area contributed by atoms with Gasteiger partial charge in [-0.15, -0.1) is 0 Å². The van der Waals surface area contributed by atoms with E-state index in [1.165, 1.54) is 18.9 Å². The maximum absolute atomic E-state index is 12.8. The Labute approximate surface area is 204 Å². The second-order valence-corrected chi connectivity index (χ2v) is 9.21. The van der Waals surface area contributed by atoms with Crippen LogP contribution in [0.25, 0.3) is 0 Å². The number of likely N-dealkylation sites (tertiary alicyclic amines) is 1. The molecule has 0 saturated carbocycles. The number of nitrogens with zero attached hydrogens (tertiary/aromatic N) is 3. The SMILES string of the molecule is CCC1=C(C(=O)OC)[C@H](c2ccccc2)N2C(CC(=O)NCCCN3CCCC3=O)=CSC2=N1. The Bertz CT molecular complexity index is 1050. The van der Waals surface area contributed by atoms with Crippen molar-refractivity contribution >= 4 is 34.7 Å². The molecule has 1 aromatic rings. The van der Waals surface area contributed by atoms with Gasteiger partial charge in [0.1, 0.15) is 0 Å². The summed E-state index contributed by atoms with van der Waals surface area (Å²) < 4.78 is 5.13. The molecule has 9 heteroatoms. The number of esters is 1. The highest BCUT2D eigenvalue weighted by Crippen LogP contribution is 2.45. The number of nitrogens with one attached hydrogen (secondary N) is 1. The fraction of sp³-hybridized carbons (Fsp3) is 0.440. The number of hydrogen-bond acceptors (Lipinski definition) is 7. The van der Waals surface area contributed by atoms with E-state index in [1.54, 1.807) is 0 Å². The summed E-state index contributed by atoms with van der Waals surface area (Å²) in [5.74, 6) is -0.313. The molecule has 3 heterocycles. The highest BCUT2D eigenvalue weighted by atomic mass is 32.2. The summed E-state index contributed by atoms with van der Waals surface area (Å²) in [6.07, 6.45) is 3.04. The third-order valence-corrected chi connectivity index (χ3v) is 7.07. The van der Waals surface area contributed by atoms with E-state index < -0.39 is 12.0 Å². The standard InChI is InChI=1S/C25H30N4O4S/c1-3-19-22(24(32)33-2)23(17-9-5-4-6-10-17)29-18(16-34-25(29)27-19)15-20(30)26-12-8-14-28-13-7-11-21(28)31/h4-6,9-10,16,23H,3,7-8,11-15H2,1-2H3,(H,26,30)/t23-/m0/s1. The zero-order chi connectivity index (χ0) is 24.1. The number of allylic oxidation sites excluding steroid dienone is 1. The summed E-state index contributed by atoms with van der Waals surface area (Å²) in [5.41, 5.74) is 2.94. The molecule has 0 aromatic heterocycles.